The molecule has 0 spiro atoms. The maximum atomic E-state index is 12.6. The summed E-state index contributed by atoms with van der Waals surface area (Å²) in [6.07, 6.45) is -0.000438. The number of hydrogen-bond donors (Lipinski definition) is 3. The lowest BCUT2D eigenvalue weighted by molar-refractivity contribution is -0.139. The van der Waals surface area contributed by atoms with Crippen molar-refractivity contribution in [1.82, 2.24) is 10.6 Å². The second kappa shape index (κ2) is 13.9. The van der Waals surface area contributed by atoms with E-state index in [1.807, 2.05) is 60.7 Å². The third-order valence-electron chi connectivity index (χ3n) is 5.66. The SMILES string of the molecule is O=C(NCC[C@H](NC(=O)c1ccc(N=Nc2ccccc2)cc1)C(=O)O)c1ccc(N=Nc2ccccc2)cc1. The number of azo groups is 2. The van der Waals surface area contributed by atoms with Crippen LogP contribution in [-0.4, -0.2) is 35.5 Å². The molecule has 40 heavy (non-hydrogen) atoms. The van der Waals surface area contributed by atoms with E-state index < -0.39 is 17.9 Å². The predicted molar refractivity (Wildman–Crippen MR) is 150 cm³/mol. The minimum Gasteiger partial charge on any atom is -0.480 e. The first kappa shape index (κ1) is 27.5. The molecule has 2 amide bonds. The van der Waals surface area contributed by atoms with Crippen LogP contribution in [0.5, 0.6) is 0 Å². The van der Waals surface area contributed by atoms with Crippen LogP contribution in [0.3, 0.4) is 0 Å². The molecule has 0 saturated carbocycles. The number of carbonyl (C=O) groups excluding carboxylic acids is 2. The molecule has 4 rings (SSSR count). The normalized spacial score (nSPS) is 11.8. The Morgan fingerprint density at radius 1 is 0.575 bits per heavy atom. The third-order valence-corrected chi connectivity index (χ3v) is 5.66. The maximum absolute atomic E-state index is 12.6. The highest BCUT2D eigenvalue weighted by atomic mass is 16.4. The van der Waals surface area contributed by atoms with Crippen molar-refractivity contribution in [1.29, 1.82) is 0 Å². The van der Waals surface area contributed by atoms with E-state index in [-0.39, 0.29) is 24.4 Å². The van der Waals surface area contributed by atoms with Gasteiger partial charge in [-0.1, -0.05) is 36.4 Å². The number of amides is 2. The number of nitrogens with one attached hydrogen (secondary N) is 2. The number of aliphatic carboxylic acids is 1. The van der Waals surface area contributed by atoms with Crippen molar-refractivity contribution in [2.45, 2.75) is 12.5 Å². The Morgan fingerprint density at radius 3 is 1.40 bits per heavy atom. The molecule has 0 fully saturated rings. The second-order valence-corrected chi connectivity index (χ2v) is 8.57. The van der Waals surface area contributed by atoms with Gasteiger partial charge in [0.1, 0.15) is 6.04 Å². The zero-order valence-corrected chi connectivity index (χ0v) is 21.3. The van der Waals surface area contributed by atoms with E-state index >= 15 is 0 Å². The summed E-state index contributed by atoms with van der Waals surface area (Å²) in [4.78, 5) is 36.8. The summed E-state index contributed by atoms with van der Waals surface area (Å²) in [6.45, 7) is 0.0460. The smallest absolute Gasteiger partial charge is 0.326 e. The van der Waals surface area contributed by atoms with Gasteiger partial charge in [-0.25, -0.2) is 4.79 Å². The molecule has 0 aliphatic heterocycles. The number of carboxylic acid groups (broad SMARTS) is 1. The highest BCUT2D eigenvalue weighted by Gasteiger charge is 2.21. The third kappa shape index (κ3) is 8.25. The molecule has 0 bridgehead atoms. The minimum atomic E-state index is -1.20. The van der Waals surface area contributed by atoms with Gasteiger partial charge in [-0.05, 0) is 79.2 Å². The fourth-order valence-electron chi connectivity index (χ4n) is 3.51. The van der Waals surface area contributed by atoms with Gasteiger partial charge in [-0.3, -0.25) is 9.59 Å². The Morgan fingerprint density at radius 2 is 0.975 bits per heavy atom. The Hall–Kier alpha value is -5.51. The van der Waals surface area contributed by atoms with Gasteiger partial charge in [0, 0.05) is 17.7 Å². The molecule has 10 nitrogen and oxygen atoms in total. The van der Waals surface area contributed by atoms with Crippen LogP contribution in [0.2, 0.25) is 0 Å². The van der Waals surface area contributed by atoms with Gasteiger partial charge in [-0.2, -0.15) is 20.5 Å². The molecule has 0 aromatic heterocycles. The molecule has 4 aromatic rings. The summed E-state index contributed by atoms with van der Waals surface area (Å²) < 4.78 is 0. The molecule has 1 atom stereocenters. The fourth-order valence-corrected chi connectivity index (χ4v) is 3.51. The number of benzene rings is 4. The molecule has 0 unspecified atom stereocenters. The monoisotopic (exact) mass is 534 g/mol. The van der Waals surface area contributed by atoms with E-state index in [2.05, 4.69) is 31.1 Å². The lowest BCUT2D eigenvalue weighted by Crippen LogP contribution is -2.43. The average Bonchev–Trinajstić information content (AvgIpc) is 3.00. The highest BCUT2D eigenvalue weighted by molar-refractivity contribution is 5.97. The van der Waals surface area contributed by atoms with Crippen molar-refractivity contribution < 1.29 is 19.5 Å². The van der Waals surface area contributed by atoms with Crippen LogP contribution in [0.1, 0.15) is 27.1 Å². The van der Waals surface area contributed by atoms with E-state index in [0.717, 1.165) is 0 Å². The maximum Gasteiger partial charge on any atom is 0.326 e. The van der Waals surface area contributed by atoms with E-state index in [1.165, 1.54) is 0 Å². The molecule has 0 heterocycles. The van der Waals surface area contributed by atoms with Crippen LogP contribution in [0.25, 0.3) is 0 Å². The van der Waals surface area contributed by atoms with Crippen molar-refractivity contribution in [3.05, 3.63) is 120 Å². The topological polar surface area (TPSA) is 145 Å². The molecule has 0 saturated heterocycles. The van der Waals surface area contributed by atoms with Crippen LogP contribution < -0.4 is 10.6 Å². The number of nitrogens with zero attached hydrogens (tertiary/aromatic N) is 4. The zero-order chi connectivity index (χ0) is 28.2. The Bertz CT molecular complexity index is 1490. The van der Waals surface area contributed by atoms with E-state index in [0.29, 0.717) is 28.3 Å². The van der Waals surface area contributed by atoms with Crippen molar-refractivity contribution >= 4 is 40.5 Å². The van der Waals surface area contributed by atoms with Crippen molar-refractivity contribution in [3.8, 4) is 0 Å². The number of hydrogen-bond acceptors (Lipinski definition) is 7. The average molecular weight is 535 g/mol. The van der Waals surface area contributed by atoms with Crippen LogP contribution in [0, 0.1) is 0 Å². The van der Waals surface area contributed by atoms with E-state index in [1.54, 1.807) is 48.5 Å². The Balaban J connectivity index is 1.26. The standard InChI is InChI=1S/C30H26N6O4/c37-28(21-11-15-25(16-12-21)35-33-23-7-3-1-4-8-23)31-20-19-27(30(39)40)32-29(38)22-13-17-26(18-14-22)36-34-24-9-5-2-6-10-24/h1-18,27H,19-20H2,(H,31,37)(H,32,38)(H,39,40)/t27-/m0/s1. The van der Waals surface area contributed by atoms with Gasteiger partial charge < -0.3 is 15.7 Å². The molecule has 4 aromatic carbocycles. The van der Waals surface area contributed by atoms with Gasteiger partial charge in [0.25, 0.3) is 11.8 Å². The first-order valence-corrected chi connectivity index (χ1v) is 12.4. The molecular formula is C30H26N6O4. The molecule has 0 aliphatic carbocycles. The van der Waals surface area contributed by atoms with Gasteiger partial charge in [-0.15, -0.1) is 0 Å². The predicted octanol–water partition coefficient (Wildman–Crippen LogP) is 6.52. The summed E-state index contributed by atoms with van der Waals surface area (Å²) in [5.74, 6) is -2.13. The molecule has 3 N–H and O–H groups in total. The largest absolute Gasteiger partial charge is 0.480 e. The van der Waals surface area contributed by atoms with Gasteiger partial charge in [0.2, 0.25) is 0 Å². The van der Waals surface area contributed by atoms with Crippen LogP contribution in [0.4, 0.5) is 22.7 Å². The quantitative estimate of drug-likeness (QED) is 0.188. The van der Waals surface area contributed by atoms with Gasteiger partial charge in [0.05, 0.1) is 22.7 Å². The van der Waals surface area contributed by atoms with Gasteiger partial charge in [0.15, 0.2) is 0 Å². The molecule has 0 radical (unpaired) electrons. The number of carbonyl (C=O) groups is 3. The number of carboxylic acids is 1. The zero-order valence-electron chi connectivity index (χ0n) is 21.3. The summed E-state index contributed by atoms with van der Waals surface area (Å²) in [5.41, 5.74) is 3.21. The molecule has 0 aliphatic rings. The first-order chi connectivity index (χ1) is 19.5. The van der Waals surface area contributed by atoms with Crippen molar-refractivity contribution in [2.24, 2.45) is 20.5 Å². The first-order valence-electron chi connectivity index (χ1n) is 12.4. The van der Waals surface area contributed by atoms with Crippen molar-refractivity contribution in [3.63, 3.8) is 0 Å². The Labute approximate surface area is 230 Å². The molecular weight excluding hydrogens is 508 g/mol. The Kier molecular flexibility index (Phi) is 9.54. The summed E-state index contributed by atoms with van der Waals surface area (Å²) in [5, 5.41) is 31.2. The van der Waals surface area contributed by atoms with E-state index in [4.69, 9.17) is 0 Å². The van der Waals surface area contributed by atoms with Crippen LogP contribution >= 0.6 is 0 Å². The lowest BCUT2D eigenvalue weighted by atomic mass is 10.1. The van der Waals surface area contributed by atoms with Crippen molar-refractivity contribution in [2.75, 3.05) is 6.54 Å². The van der Waals surface area contributed by atoms with Crippen LogP contribution in [-0.2, 0) is 4.79 Å². The summed E-state index contributed by atoms with van der Waals surface area (Å²) in [7, 11) is 0. The summed E-state index contributed by atoms with van der Waals surface area (Å²) >= 11 is 0. The highest BCUT2D eigenvalue weighted by Crippen LogP contribution is 2.19. The second-order valence-electron chi connectivity index (χ2n) is 8.57. The number of rotatable bonds is 11. The fraction of sp³-hybridized carbons (Fsp3) is 0.100. The van der Waals surface area contributed by atoms with Crippen LogP contribution in [0.15, 0.2) is 130 Å². The van der Waals surface area contributed by atoms with Gasteiger partial charge >= 0.3 is 5.97 Å². The minimum absolute atomic E-state index is 0.000438. The summed E-state index contributed by atoms with van der Waals surface area (Å²) in [6, 6.07) is 30.1. The van der Waals surface area contributed by atoms with E-state index in [9.17, 15) is 19.5 Å². The molecule has 10 heteroatoms. The lowest BCUT2D eigenvalue weighted by Gasteiger charge is -2.15. The molecule has 200 valence electrons.